The molecule has 2 aromatic carbocycles. The lowest BCUT2D eigenvalue weighted by molar-refractivity contribution is -0.133. The number of aromatic nitrogens is 3. The molecule has 0 amide bonds. The molecule has 0 spiro atoms. The molecule has 2 heterocycles. The van der Waals surface area contributed by atoms with E-state index < -0.39 is 12.0 Å². The summed E-state index contributed by atoms with van der Waals surface area (Å²) in [7, 11) is 1.49. The van der Waals surface area contributed by atoms with Crippen LogP contribution in [0.15, 0.2) is 53.7 Å². The van der Waals surface area contributed by atoms with Gasteiger partial charge in [0, 0.05) is 11.3 Å². The summed E-state index contributed by atoms with van der Waals surface area (Å²) >= 11 is 0. The number of anilines is 1. The number of aliphatic carboxylic acids is 1. The summed E-state index contributed by atoms with van der Waals surface area (Å²) < 4.78 is 26.7. The zero-order valence-corrected chi connectivity index (χ0v) is 17.2. The third-order valence-electron chi connectivity index (χ3n) is 5.03. The van der Waals surface area contributed by atoms with Gasteiger partial charge >= 0.3 is 5.97 Å². The fourth-order valence-electron chi connectivity index (χ4n) is 3.59. The van der Waals surface area contributed by atoms with Crippen LogP contribution in [0, 0.1) is 12.7 Å². The van der Waals surface area contributed by atoms with Gasteiger partial charge in [0.15, 0.2) is 11.5 Å². The van der Waals surface area contributed by atoms with Gasteiger partial charge in [0.05, 0.1) is 12.7 Å². The van der Waals surface area contributed by atoms with Gasteiger partial charge in [-0.25, -0.2) is 13.9 Å². The predicted molar refractivity (Wildman–Crippen MR) is 111 cm³/mol. The highest BCUT2D eigenvalue weighted by Gasteiger charge is 2.34. The number of fused-ring (bicyclic) bond motifs is 1. The van der Waals surface area contributed by atoms with Crippen molar-refractivity contribution in [2.75, 3.05) is 12.4 Å². The Kier molecular flexibility index (Phi) is 5.33. The van der Waals surface area contributed by atoms with Crippen LogP contribution in [0.25, 0.3) is 0 Å². The minimum atomic E-state index is -1.06. The van der Waals surface area contributed by atoms with Gasteiger partial charge in [-0.3, -0.25) is 0 Å². The van der Waals surface area contributed by atoms with E-state index in [1.807, 2.05) is 0 Å². The van der Waals surface area contributed by atoms with Crippen molar-refractivity contribution in [2.45, 2.75) is 26.5 Å². The number of nitrogens with one attached hydrogen (secondary N) is 1. The summed E-state index contributed by atoms with van der Waals surface area (Å²) in [5.41, 5.74) is 1.69. The van der Waals surface area contributed by atoms with Crippen molar-refractivity contribution in [3.63, 3.8) is 0 Å². The molecule has 0 saturated heterocycles. The fourth-order valence-corrected chi connectivity index (χ4v) is 3.59. The molecule has 1 aliphatic rings. The first kappa shape index (κ1) is 20.4. The van der Waals surface area contributed by atoms with Crippen LogP contribution in [-0.4, -0.2) is 33.0 Å². The predicted octanol–water partition coefficient (Wildman–Crippen LogP) is 3.69. The monoisotopic (exact) mass is 424 g/mol. The average Bonchev–Trinajstić information content (AvgIpc) is 3.11. The molecule has 0 saturated carbocycles. The van der Waals surface area contributed by atoms with Gasteiger partial charge in [0.2, 0.25) is 5.95 Å². The van der Waals surface area contributed by atoms with Crippen LogP contribution in [0.2, 0.25) is 0 Å². The van der Waals surface area contributed by atoms with Crippen molar-refractivity contribution in [1.82, 2.24) is 14.8 Å². The average molecular weight is 424 g/mol. The van der Waals surface area contributed by atoms with Crippen LogP contribution in [-0.2, 0) is 11.4 Å². The number of benzene rings is 2. The van der Waals surface area contributed by atoms with Gasteiger partial charge in [-0.2, -0.15) is 10.1 Å². The first-order valence-corrected chi connectivity index (χ1v) is 9.57. The fraction of sp³-hybridized carbons (Fsp3) is 0.227. The van der Waals surface area contributed by atoms with E-state index in [4.69, 9.17) is 9.47 Å². The molecule has 31 heavy (non-hydrogen) atoms. The Balaban J connectivity index is 1.71. The number of nitrogens with zero attached hydrogens (tertiary/aromatic N) is 3. The molecule has 8 nitrogen and oxygen atoms in total. The molecule has 3 aromatic rings. The number of hydrogen-bond donors (Lipinski definition) is 2. The molecule has 1 aromatic heterocycles. The molecule has 0 aliphatic carbocycles. The molecule has 160 valence electrons. The van der Waals surface area contributed by atoms with E-state index in [-0.39, 0.29) is 18.0 Å². The summed E-state index contributed by atoms with van der Waals surface area (Å²) in [4.78, 5) is 16.4. The number of rotatable bonds is 6. The van der Waals surface area contributed by atoms with E-state index in [0.29, 0.717) is 40.1 Å². The maximum atomic E-state index is 13.9. The number of carboxylic acids is 1. The summed E-state index contributed by atoms with van der Waals surface area (Å²) in [6.45, 7) is 3.45. The lowest BCUT2D eigenvalue weighted by Gasteiger charge is -2.27. The lowest BCUT2D eigenvalue weighted by Crippen LogP contribution is -2.28. The molecule has 4 rings (SSSR count). The Bertz CT molecular complexity index is 1190. The van der Waals surface area contributed by atoms with Crippen LogP contribution >= 0.6 is 0 Å². The molecule has 9 heteroatoms. The van der Waals surface area contributed by atoms with E-state index in [2.05, 4.69) is 15.4 Å². The first-order chi connectivity index (χ1) is 14.9. The molecule has 1 atom stereocenters. The normalized spacial score (nSPS) is 15.3. The number of hydrogen-bond acceptors (Lipinski definition) is 6. The second kappa shape index (κ2) is 8.10. The zero-order valence-electron chi connectivity index (χ0n) is 17.2. The smallest absolute Gasteiger partial charge is 0.335 e. The molecule has 0 radical (unpaired) electrons. The first-order valence-electron chi connectivity index (χ1n) is 9.57. The van der Waals surface area contributed by atoms with Crippen LogP contribution in [0.5, 0.6) is 11.5 Å². The highest BCUT2D eigenvalue weighted by Crippen LogP contribution is 2.38. The number of allylic oxidation sites excluding steroid dienone is 1. The van der Waals surface area contributed by atoms with Crippen LogP contribution < -0.4 is 14.8 Å². The topological polar surface area (TPSA) is 98.5 Å². The van der Waals surface area contributed by atoms with Crippen molar-refractivity contribution in [1.29, 1.82) is 0 Å². The second-order valence-electron chi connectivity index (χ2n) is 7.09. The van der Waals surface area contributed by atoms with E-state index in [1.165, 1.54) is 13.2 Å². The van der Waals surface area contributed by atoms with Gasteiger partial charge in [-0.1, -0.05) is 24.3 Å². The number of carbonyl (C=O) groups is 1. The number of ether oxygens (including phenoxy) is 2. The Hall–Kier alpha value is -3.88. The summed E-state index contributed by atoms with van der Waals surface area (Å²) in [6, 6.07) is 10.8. The second-order valence-corrected chi connectivity index (χ2v) is 7.09. The number of methoxy groups -OCH3 is 1. The van der Waals surface area contributed by atoms with E-state index in [9.17, 15) is 14.3 Å². The Morgan fingerprint density at radius 3 is 2.71 bits per heavy atom. The van der Waals surface area contributed by atoms with Gasteiger partial charge in [-0.15, -0.1) is 0 Å². The van der Waals surface area contributed by atoms with Crippen molar-refractivity contribution < 1.29 is 23.8 Å². The molecular formula is C22H21FN4O4. The van der Waals surface area contributed by atoms with Crippen molar-refractivity contribution in [3.8, 4) is 11.5 Å². The highest BCUT2D eigenvalue weighted by atomic mass is 19.1. The Morgan fingerprint density at radius 2 is 2.00 bits per heavy atom. The maximum Gasteiger partial charge on any atom is 0.335 e. The van der Waals surface area contributed by atoms with E-state index in [1.54, 1.807) is 54.9 Å². The standard InChI is InChI=1S/C22H21FN4O4/c1-12-19(21(28)29)20(27-22(24-12)25-13(2)26-27)14-8-9-17(18(10-14)30-3)31-11-15-6-4-5-7-16(15)23/h4-10,20H,11H2,1-3H3,(H,28,29)(H,24,25,26). The highest BCUT2D eigenvalue weighted by molar-refractivity contribution is 5.90. The third kappa shape index (κ3) is 3.81. The Labute approximate surface area is 177 Å². The maximum absolute atomic E-state index is 13.9. The third-order valence-corrected chi connectivity index (χ3v) is 5.03. The summed E-state index contributed by atoms with van der Waals surface area (Å²) in [5, 5.41) is 17.2. The number of carboxylic acid groups (broad SMARTS) is 1. The molecule has 0 fully saturated rings. The van der Waals surface area contributed by atoms with E-state index in [0.717, 1.165) is 0 Å². The molecular weight excluding hydrogens is 403 g/mol. The molecule has 0 bridgehead atoms. The van der Waals surface area contributed by atoms with Crippen molar-refractivity contribution in [3.05, 3.63) is 76.5 Å². The van der Waals surface area contributed by atoms with Crippen LogP contribution in [0.3, 0.4) is 0 Å². The summed E-state index contributed by atoms with van der Waals surface area (Å²) in [5.74, 6) is 0.373. The Morgan fingerprint density at radius 1 is 1.23 bits per heavy atom. The lowest BCUT2D eigenvalue weighted by atomic mass is 9.95. The van der Waals surface area contributed by atoms with Gasteiger partial charge in [-0.05, 0) is 37.6 Å². The van der Waals surface area contributed by atoms with Gasteiger partial charge in [0.25, 0.3) is 0 Å². The number of aryl methyl sites for hydroxylation is 1. The molecule has 2 N–H and O–H groups in total. The molecule has 1 aliphatic heterocycles. The largest absolute Gasteiger partial charge is 0.493 e. The van der Waals surface area contributed by atoms with Gasteiger partial charge < -0.3 is 19.9 Å². The summed E-state index contributed by atoms with van der Waals surface area (Å²) in [6.07, 6.45) is 0. The minimum Gasteiger partial charge on any atom is -0.493 e. The minimum absolute atomic E-state index is 0.0293. The molecule has 1 unspecified atom stereocenters. The van der Waals surface area contributed by atoms with Crippen molar-refractivity contribution in [2.24, 2.45) is 0 Å². The van der Waals surface area contributed by atoms with Crippen LogP contribution in [0.1, 0.15) is 29.9 Å². The van der Waals surface area contributed by atoms with Crippen LogP contribution in [0.4, 0.5) is 10.3 Å². The van der Waals surface area contributed by atoms with Gasteiger partial charge in [0.1, 0.15) is 24.3 Å². The van der Waals surface area contributed by atoms with Crippen molar-refractivity contribution >= 4 is 11.9 Å². The zero-order chi connectivity index (χ0) is 22.1. The SMILES string of the molecule is COc1cc(C2C(C(=O)O)=C(C)Nc3nc(C)nn32)ccc1OCc1ccccc1F. The number of halogens is 1. The quantitative estimate of drug-likeness (QED) is 0.623. The van der Waals surface area contributed by atoms with E-state index >= 15 is 0 Å².